The molecule has 0 spiro atoms. The van der Waals surface area contributed by atoms with E-state index in [1.807, 2.05) is 17.0 Å². The van der Waals surface area contributed by atoms with Crippen LogP contribution in [0.15, 0.2) is 18.2 Å². The van der Waals surface area contributed by atoms with E-state index in [1.165, 1.54) is 11.1 Å². The van der Waals surface area contributed by atoms with Gasteiger partial charge in [-0.1, -0.05) is 6.07 Å². The first-order chi connectivity index (χ1) is 9.70. The number of nitrogens with zero attached hydrogens (tertiary/aromatic N) is 1. The minimum Gasteiger partial charge on any atom is -0.497 e. The van der Waals surface area contributed by atoms with Crippen LogP contribution in [0.5, 0.6) is 5.75 Å². The summed E-state index contributed by atoms with van der Waals surface area (Å²) in [6.45, 7) is 5.71. The zero-order valence-electron chi connectivity index (χ0n) is 12.4. The number of amides is 1. The Morgan fingerprint density at radius 1 is 1.35 bits per heavy atom. The molecule has 0 unspecified atom stereocenters. The fraction of sp³-hybridized carbons (Fsp3) is 0.562. The average molecular weight is 276 g/mol. The van der Waals surface area contributed by atoms with Gasteiger partial charge in [-0.25, -0.2) is 0 Å². The summed E-state index contributed by atoms with van der Waals surface area (Å²) in [5, 5.41) is 3.32. The molecule has 0 bridgehead atoms. The van der Waals surface area contributed by atoms with Crippen LogP contribution < -0.4 is 10.1 Å². The molecule has 1 heterocycles. The highest BCUT2D eigenvalue weighted by Gasteiger charge is 2.15. The van der Waals surface area contributed by atoms with E-state index in [2.05, 4.69) is 18.3 Å². The summed E-state index contributed by atoms with van der Waals surface area (Å²) < 4.78 is 5.20. The number of rotatable bonds is 4. The summed E-state index contributed by atoms with van der Waals surface area (Å²) in [7, 11) is 1.67. The van der Waals surface area contributed by atoms with Crippen molar-refractivity contribution in [2.75, 3.05) is 33.3 Å². The van der Waals surface area contributed by atoms with Gasteiger partial charge < -0.3 is 15.0 Å². The molecule has 1 fully saturated rings. The van der Waals surface area contributed by atoms with Gasteiger partial charge >= 0.3 is 0 Å². The maximum Gasteiger partial charge on any atom is 0.222 e. The fourth-order valence-corrected chi connectivity index (χ4v) is 2.57. The zero-order chi connectivity index (χ0) is 14.4. The molecule has 1 N–H and O–H groups in total. The number of benzene rings is 1. The summed E-state index contributed by atoms with van der Waals surface area (Å²) in [4.78, 5) is 14.2. The standard InChI is InChI=1S/C16H24N2O2/c1-13-12-15(20-2)6-4-14(13)5-7-16(19)18-10-3-8-17-9-11-18/h4,6,12,17H,3,5,7-11H2,1-2H3. The Bertz CT molecular complexity index is 452. The van der Waals surface area contributed by atoms with Crippen LogP contribution in [0.3, 0.4) is 0 Å². The van der Waals surface area contributed by atoms with Crippen molar-refractivity contribution < 1.29 is 9.53 Å². The highest BCUT2D eigenvalue weighted by molar-refractivity contribution is 5.76. The second-order valence-electron chi connectivity index (χ2n) is 5.28. The van der Waals surface area contributed by atoms with Crippen molar-refractivity contribution in [1.29, 1.82) is 0 Å². The lowest BCUT2D eigenvalue weighted by atomic mass is 10.0. The van der Waals surface area contributed by atoms with E-state index in [0.29, 0.717) is 6.42 Å². The van der Waals surface area contributed by atoms with Gasteiger partial charge in [0.2, 0.25) is 5.91 Å². The van der Waals surface area contributed by atoms with E-state index in [0.717, 1.165) is 44.8 Å². The molecule has 0 radical (unpaired) electrons. The molecule has 1 aromatic rings. The molecule has 4 nitrogen and oxygen atoms in total. The third-order valence-electron chi connectivity index (χ3n) is 3.85. The molecule has 110 valence electrons. The smallest absolute Gasteiger partial charge is 0.222 e. The highest BCUT2D eigenvalue weighted by atomic mass is 16.5. The second kappa shape index (κ2) is 7.29. The van der Waals surface area contributed by atoms with Gasteiger partial charge in [0.15, 0.2) is 0 Å². The topological polar surface area (TPSA) is 41.6 Å². The number of hydrogen-bond donors (Lipinski definition) is 1. The second-order valence-corrected chi connectivity index (χ2v) is 5.28. The molecule has 0 aromatic heterocycles. The Morgan fingerprint density at radius 2 is 2.20 bits per heavy atom. The number of carbonyl (C=O) groups is 1. The number of carbonyl (C=O) groups excluding carboxylic acids is 1. The normalized spacial score (nSPS) is 15.8. The number of methoxy groups -OCH3 is 1. The molecule has 2 rings (SSSR count). The van der Waals surface area contributed by atoms with Gasteiger partial charge in [-0.15, -0.1) is 0 Å². The Balaban J connectivity index is 1.89. The summed E-state index contributed by atoms with van der Waals surface area (Å²) in [5.41, 5.74) is 2.42. The Hall–Kier alpha value is -1.55. The summed E-state index contributed by atoms with van der Waals surface area (Å²) >= 11 is 0. The van der Waals surface area contributed by atoms with Gasteiger partial charge in [0.05, 0.1) is 7.11 Å². The van der Waals surface area contributed by atoms with Crippen molar-refractivity contribution >= 4 is 5.91 Å². The minimum atomic E-state index is 0.268. The van der Waals surface area contributed by atoms with E-state index < -0.39 is 0 Å². The van der Waals surface area contributed by atoms with Crippen molar-refractivity contribution in [3.05, 3.63) is 29.3 Å². The van der Waals surface area contributed by atoms with Crippen LogP contribution in [0.2, 0.25) is 0 Å². The van der Waals surface area contributed by atoms with Crippen LogP contribution in [-0.2, 0) is 11.2 Å². The molecule has 1 aromatic carbocycles. The molecule has 4 heteroatoms. The van der Waals surface area contributed by atoms with Crippen molar-refractivity contribution in [2.45, 2.75) is 26.2 Å². The largest absolute Gasteiger partial charge is 0.497 e. The van der Waals surface area contributed by atoms with E-state index in [1.54, 1.807) is 7.11 Å². The lowest BCUT2D eigenvalue weighted by Crippen LogP contribution is -2.34. The van der Waals surface area contributed by atoms with Crippen molar-refractivity contribution in [3.8, 4) is 5.75 Å². The van der Waals surface area contributed by atoms with Crippen LogP contribution in [-0.4, -0.2) is 44.1 Å². The van der Waals surface area contributed by atoms with E-state index >= 15 is 0 Å². The molecule has 0 saturated carbocycles. The predicted molar refractivity (Wildman–Crippen MR) is 80.1 cm³/mol. The van der Waals surface area contributed by atoms with Gasteiger partial charge in [-0.2, -0.15) is 0 Å². The minimum absolute atomic E-state index is 0.268. The van der Waals surface area contributed by atoms with Crippen LogP contribution in [0.4, 0.5) is 0 Å². The van der Waals surface area contributed by atoms with Gasteiger partial charge in [-0.05, 0) is 49.6 Å². The molecular formula is C16H24N2O2. The van der Waals surface area contributed by atoms with Crippen LogP contribution >= 0.6 is 0 Å². The number of ether oxygens (including phenoxy) is 1. The number of nitrogens with one attached hydrogen (secondary N) is 1. The SMILES string of the molecule is COc1ccc(CCC(=O)N2CCCNCC2)c(C)c1. The molecule has 1 aliphatic rings. The highest BCUT2D eigenvalue weighted by Crippen LogP contribution is 2.18. The molecule has 0 atom stereocenters. The van der Waals surface area contributed by atoms with E-state index in [4.69, 9.17) is 4.74 Å². The van der Waals surface area contributed by atoms with Crippen LogP contribution in [0.1, 0.15) is 24.0 Å². The average Bonchev–Trinajstić information content (AvgIpc) is 2.74. The third-order valence-corrected chi connectivity index (χ3v) is 3.85. The van der Waals surface area contributed by atoms with Crippen molar-refractivity contribution in [2.24, 2.45) is 0 Å². The van der Waals surface area contributed by atoms with Crippen LogP contribution in [0.25, 0.3) is 0 Å². The molecule has 1 aliphatic heterocycles. The molecule has 20 heavy (non-hydrogen) atoms. The maximum atomic E-state index is 12.2. The molecular weight excluding hydrogens is 252 g/mol. The number of aryl methyl sites for hydroxylation is 2. The van der Waals surface area contributed by atoms with Gasteiger partial charge in [-0.3, -0.25) is 4.79 Å². The molecule has 0 aliphatic carbocycles. The number of hydrogen-bond acceptors (Lipinski definition) is 3. The zero-order valence-corrected chi connectivity index (χ0v) is 12.4. The van der Waals surface area contributed by atoms with Gasteiger partial charge in [0.1, 0.15) is 5.75 Å². The first kappa shape index (κ1) is 14.9. The summed E-state index contributed by atoms with van der Waals surface area (Å²) in [6, 6.07) is 6.05. The Labute approximate surface area is 121 Å². The quantitative estimate of drug-likeness (QED) is 0.911. The monoisotopic (exact) mass is 276 g/mol. The lowest BCUT2D eigenvalue weighted by Gasteiger charge is -2.20. The Morgan fingerprint density at radius 3 is 2.95 bits per heavy atom. The predicted octanol–water partition coefficient (Wildman–Crippen LogP) is 1.76. The third kappa shape index (κ3) is 3.97. The molecule has 1 saturated heterocycles. The Kier molecular flexibility index (Phi) is 5.41. The van der Waals surface area contributed by atoms with E-state index in [9.17, 15) is 4.79 Å². The van der Waals surface area contributed by atoms with Gasteiger partial charge in [0, 0.05) is 26.1 Å². The summed E-state index contributed by atoms with van der Waals surface area (Å²) in [5.74, 6) is 1.14. The fourth-order valence-electron chi connectivity index (χ4n) is 2.57. The van der Waals surface area contributed by atoms with Crippen LogP contribution in [0, 0.1) is 6.92 Å². The molecule has 1 amide bonds. The first-order valence-electron chi connectivity index (χ1n) is 7.32. The summed E-state index contributed by atoms with van der Waals surface area (Å²) in [6.07, 6.45) is 2.44. The van der Waals surface area contributed by atoms with Gasteiger partial charge in [0.25, 0.3) is 0 Å². The lowest BCUT2D eigenvalue weighted by molar-refractivity contribution is -0.130. The maximum absolute atomic E-state index is 12.2. The first-order valence-corrected chi connectivity index (χ1v) is 7.32. The van der Waals surface area contributed by atoms with E-state index in [-0.39, 0.29) is 5.91 Å². The van der Waals surface area contributed by atoms with Crippen molar-refractivity contribution in [1.82, 2.24) is 10.2 Å². The van der Waals surface area contributed by atoms with Crippen molar-refractivity contribution in [3.63, 3.8) is 0 Å².